The number of epoxide rings is 1. The van der Waals surface area contributed by atoms with Crippen molar-refractivity contribution in [2.75, 3.05) is 7.11 Å². The minimum atomic E-state index is -0.423. The Morgan fingerprint density at radius 3 is 2.76 bits per heavy atom. The third-order valence-electron chi connectivity index (χ3n) is 4.34. The van der Waals surface area contributed by atoms with Crippen LogP contribution in [0, 0.1) is 6.92 Å². The van der Waals surface area contributed by atoms with E-state index in [9.17, 15) is 5.11 Å². The number of fused-ring (bicyclic) bond motifs is 1. The minimum absolute atomic E-state index is 0.330. The predicted octanol–water partition coefficient (Wildman–Crippen LogP) is 2.14. The molecule has 0 radical (unpaired) electrons. The van der Waals surface area contributed by atoms with Crippen LogP contribution in [-0.2, 0) is 10.3 Å². The molecule has 1 aliphatic carbocycles. The van der Waals surface area contributed by atoms with Crippen LogP contribution in [0.4, 0.5) is 0 Å². The molecule has 0 bridgehead atoms. The average Bonchev–Trinajstić information content (AvgIpc) is 2.86. The zero-order chi connectivity index (χ0) is 12.3. The van der Waals surface area contributed by atoms with Gasteiger partial charge in [-0.05, 0) is 38.8 Å². The van der Waals surface area contributed by atoms with Gasteiger partial charge < -0.3 is 14.6 Å². The van der Waals surface area contributed by atoms with E-state index in [1.165, 1.54) is 5.56 Å². The number of benzene rings is 1. The van der Waals surface area contributed by atoms with Gasteiger partial charge in [-0.25, -0.2) is 0 Å². The van der Waals surface area contributed by atoms with Gasteiger partial charge in [-0.3, -0.25) is 0 Å². The first kappa shape index (κ1) is 11.1. The molecule has 3 atom stereocenters. The molecule has 0 spiro atoms. The smallest absolute Gasteiger partial charge is 0.129 e. The molecule has 1 saturated heterocycles. The van der Waals surface area contributed by atoms with Gasteiger partial charge in [-0.15, -0.1) is 0 Å². The molecular formula is C14H18O3. The Bertz CT molecular complexity index is 467. The lowest BCUT2D eigenvalue weighted by Crippen LogP contribution is -2.25. The van der Waals surface area contributed by atoms with Gasteiger partial charge in [0.1, 0.15) is 17.0 Å². The molecule has 0 aromatic heterocycles. The third kappa shape index (κ3) is 1.24. The van der Waals surface area contributed by atoms with Crippen LogP contribution in [0.5, 0.6) is 5.75 Å². The number of rotatable bonds is 2. The van der Waals surface area contributed by atoms with Crippen molar-refractivity contribution in [3.8, 4) is 5.75 Å². The number of hydrogen-bond donors (Lipinski definition) is 1. The quantitative estimate of drug-likeness (QED) is 0.797. The first-order chi connectivity index (χ1) is 8.03. The van der Waals surface area contributed by atoms with Crippen molar-refractivity contribution >= 4 is 0 Å². The number of aryl methyl sites for hydroxylation is 1. The number of ether oxygens (including phenoxy) is 2. The van der Waals surface area contributed by atoms with Crippen molar-refractivity contribution in [1.82, 2.24) is 0 Å². The van der Waals surface area contributed by atoms with Crippen LogP contribution < -0.4 is 4.74 Å². The van der Waals surface area contributed by atoms with E-state index in [0.29, 0.717) is 0 Å². The lowest BCUT2D eigenvalue weighted by Gasteiger charge is -2.15. The van der Waals surface area contributed by atoms with E-state index < -0.39 is 5.60 Å². The Balaban J connectivity index is 2.09. The Labute approximate surface area is 101 Å². The van der Waals surface area contributed by atoms with Crippen LogP contribution >= 0.6 is 0 Å². The van der Waals surface area contributed by atoms with Gasteiger partial charge in [-0.1, -0.05) is 11.6 Å². The summed E-state index contributed by atoms with van der Waals surface area (Å²) in [6.07, 6.45) is 1.30. The summed E-state index contributed by atoms with van der Waals surface area (Å²) in [7, 11) is 1.68. The fraction of sp³-hybridized carbons (Fsp3) is 0.571. The van der Waals surface area contributed by atoms with Gasteiger partial charge in [-0.2, -0.15) is 0 Å². The van der Waals surface area contributed by atoms with E-state index in [1.807, 2.05) is 19.1 Å². The zero-order valence-electron chi connectivity index (χ0n) is 10.5. The standard InChI is InChI=1S/C14H18O3/c1-9-4-5-11(16-3)10(8-9)14-7-6-12(15)13(14,2)17-14/h4-5,8,12,15H,6-7H2,1-3H3/t12-,13-,14-/m1/s1. The highest BCUT2D eigenvalue weighted by Gasteiger charge is 2.75. The second-order valence-electron chi connectivity index (χ2n) is 5.29. The maximum atomic E-state index is 9.99. The lowest BCUT2D eigenvalue weighted by molar-refractivity contribution is 0.0697. The number of hydrogen-bond acceptors (Lipinski definition) is 3. The van der Waals surface area contributed by atoms with Crippen molar-refractivity contribution in [2.45, 2.75) is 44.0 Å². The van der Waals surface area contributed by atoms with E-state index in [0.717, 1.165) is 24.2 Å². The second kappa shape index (κ2) is 3.24. The summed E-state index contributed by atoms with van der Waals surface area (Å²) in [6, 6.07) is 6.12. The summed E-state index contributed by atoms with van der Waals surface area (Å²) >= 11 is 0. The van der Waals surface area contributed by atoms with Crippen LogP contribution in [-0.4, -0.2) is 23.9 Å². The van der Waals surface area contributed by atoms with Crippen LogP contribution in [0.3, 0.4) is 0 Å². The zero-order valence-corrected chi connectivity index (χ0v) is 10.5. The average molecular weight is 234 g/mol. The van der Waals surface area contributed by atoms with Crippen LogP contribution in [0.2, 0.25) is 0 Å². The van der Waals surface area contributed by atoms with E-state index in [-0.39, 0.29) is 11.7 Å². The molecule has 2 aliphatic rings. The van der Waals surface area contributed by atoms with Gasteiger partial charge in [0.2, 0.25) is 0 Å². The van der Waals surface area contributed by atoms with Gasteiger partial charge in [0.15, 0.2) is 0 Å². The minimum Gasteiger partial charge on any atom is -0.496 e. The summed E-state index contributed by atoms with van der Waals surface area (Å²) in [5, 5.41) is 9.99. The monoisotopic (exact) mass is 234 g/mol. The van der Waals surface area contributed by atoms with Crippen LogP contribution in [0.1, 0.15) is 30.9 Å². The van der Waals surface area contributed by atoms with E-state index in [4.69, 9.17) is 9.47 Å². The molecule has 1 aliphatic heterocycles. The van der Waals surface area contributed by atoms with Gasteiger partial charge in [0.05, 0.1) is 13.2 Å². The van der Waals surface area contributed by atoms with Crippen LogP contribution in [0.25, 0.3) is 0 Å². The van der Waals surface area contributed by atoms with Crippen molar-refractivity contribution in [3.63, 3.8) is 0 Å². The molecule has 17 heavy (non-hydrogen) atoms. The molecule has 3 nitrogen and oxygen atoms in total. The molecule has 2 fully saturated rings. The van der Waals surface area contributed by atoms with Crippen molar-refractivity contribution in [1.29, 1.82) is 0 Å². The van der Waals surface area contributed by atoms with Crippen molar-refractivity contribution in [3.05, 3.63) is 29.3 Å². The van der Waals surface area contributed by atoms with E-state index >= 15 is 0 Å². The molecule has 1 heterocycles. The highest BCUT2D eigenvalue weighted by molar-refractivity contribution is 5.48. The molecule has 1 saturated carbocycles. The summed E-state index contributed by atoms with van der Waals surface area (Å²) in [4.78, 5) is 0. The molecule has 92 valence electrons. The molecule has 0 amide bonds. The Hall–Kier alpha value is -1.06. The third-order valence-corrected chi connectivity index (χ3v) is 4.34. The lowest BCUT2D eigenvalue weighted by atomic mass is 9.88. The maximum absolute atomic E-state index is 9.99. The summed E-state index contributed by atoms with van der Waals surface area (Å²) in [6.45, 7) is 4.05. The highest BCUT2D eigenvalue weighted by Crippen LogP contribution is 2.67. The van der Waals surface area contributed by atoms with Gasteiger partial charge >= 0.3 is 0 Å². The van der Waals surface area contributed by atoms with Gasteiger partial charge in [0.25, 0.3) is 0 Å². The summed E-state index contributed by atoms with van der Waals surface area (Å²) < 4.78 is 11.3. The number of aliphatic hydroxyl groups excluding tert-OH is 1. The largest absolute Gasteiger partial charge is 0.496 e. The SMILES string of the molecule is COc1ccc(C)cc1[C@]12CC[C@@H](O)[C@@]1(C)O2. The summed E-state index contributed by atoms with van der Waals surface area (Å²) in [5.41, 5.74) is 1.52. The van der Waals surface area contributed by atoms with Crippen LogP contribution in [0.15, 0.2) is 18.2 Å². The number of methoxy groups -OCH3 is 1. The fourth-order valence-electron chi connectivity index (χ4n) is 3.18. The van der Waals surface area contributed by atoms with E-state index in [1.54, 1.807) is 7.11 Å². The fourth-order valence-corrected chi connectivity index (χ4v) is 3.18. The molecule has 3 heteroatoms. The topological polar surface area (TPSA) is 42.0 Å². The first-order valence-corrected chi connectivity index (χ1v) is 6.07. The second-order valence-corrected chi connectivity index (χ2v) is 5.29. The molecule has 3 rings (SSSR count). The maximum Gasteiger partial charge on any atom is 0.129 e. The molecular weight excluding hydrogens is 216 g/mol. The summed E-state index contributed by atoms with van der Waals surface area (Å²) in [5.74, 6) is 0.855. The Morgan fingerprint density at radius 1 is 1.47 bits per heavy atom. The van der Waals surface area contributed by atoms with E-state index in [2.05, 4.69) is 13.0 Å². The van der Waals surface area contributed by atoms with Crippen molar-refractivity contribution < 1.29 is 14.6 Å². The molecule has 1 aromatic carbocycles. The first-order valence-electron chi connectivity index (χ1n) is 6.07. The van der Waals surface area contributed by atoms with Gasteiger partial charge in [0, 0.05) is 5.56 Å². The van der Waals surface area contributed by atoms with Crippen molar-refractivity contribution in [2.24, 2.45) is 0 Å². The normalized spacial score (nSPS) is 38.9. The molecule has 1 aromatic rings. The highest BCUT2D eigenvalue weighted by atomic mass is 16.6. The molecule has 0 unspecified atom stereocenters. The predicted molar refractivity (Wildman–Crippen MR) is 64.1 cm³/mol. The Morgan fingerprint density at radius 2 is 2.24 bits per heavy atom. The number of aliphatic hydroxyl groups is 1. The Kier molecular flexibility index (Phi) is 2.11. The molecule has 1 N–H and O–H groups in total.